The molecule has 0 bridgehead atoms. The van der Waals surface area contributed by atoms with Crippen LogP contribution in [0.1, 0.15) is 12.0 Å². The lowest BCUT2D eigenvalue weighted by molar-refractivity contribution is -0.380. The predicted molar refractivity (Wildman–Crippen MR) is 63.7 cm³/mol. The summed E-state index contributed by atoms with van der Waals surface area (Å²) in [7, 11) is 0. The monoisotopic (exact) mass is 241 g/mol. The highest BCUT2D eigenvalue weighted by Gasteiger charge is 2.13. The molecule has 2 heterocycles. The first kappa shape index (κ1) is 11.5. The normalized spacial score (nSPS) is 18.2. The van der Waals surface area contributed by atoms with E-state index in [-0.39, 0.29) is 9.92 Å². The highest BCUT2D eigenvalue weighted by atomic mass is 32.1. The number of nitro groups is 1. The fraction of sp³-hybridized carbons (Fsp3) is 0.600. The van der Waals surface area contributed by atoms with Gasteiger partial charge in [0.2, 0.25) is 0 Å². The summed E-state index contributed by atoms with van der Waals surface area (Å²) >= 11 is 1.21. The molecule has 1 fully saturated rings. The van der Waals surface area contributed by atoms with Gasteiger partial charge in [-0.2, -0.15) is 0 Å². The van der Waals surface area contributed by atoms with Gasteiger partial charge in [0.25, 0.3) is 0 Å². The summed E-state index contributed by atoms with van der Waals surface area (Å²) in [5.41, 5.74) is 1.05. The average molecular weight is 241 g/mol. The van der Waals surface area contributed by atoms with Crippen molar-refractivity contribution in [1.82, 2.24) is 10.2 Å². The van der Waals surface area contributed by atoms with Crippen molar-refractivity contribution >= 4 is 16.3 Å². The zero-order valence-electron chi connectivity index (χ0n) is 9.02. The van der Waals surface area contributed by atoms with Crippen LogP contribution in [0.4, 0.5) is 5.00 Å². The molecule has 1 aromatic rings. The Morgan fingerprint density at radius 2 is 2.38 bits per heavy atom. The van der Waals surface area contributed by atoms with E-state index in [1.807, 2.05) is 5.38 Å². The van der Waals surface area contributed by atoms with Crippen molar-refractivity contribution in [3.63, 3.8) is 0 Å². The molecule has 16 heavy (non-hydrogen) atoms. The second kappa shape index (κ2) is 5.38. The lowest BCUT2D eigenvalue weighted by Crippen LogP contribution is -2.27. The molecule has 0 spiro atoms. The fourth-order valence-corrected chi connectivity index (χ4v) is 2.58. The van der Waals surface area contributed by atoms with Gasteiger partial charge in [-0.25, -0.2) is 0 Å². The molecule has 5 nitrogen and oxygen atoms in total. The van der Waals surface area contributed by atoms with E-state index in [2.05, 4.69) is 10.2 Å². The lowest BCUT2D eigenvalue weighted by atomic mass is 10.3. The highest BCUT2D eigenvalue weighted by Crippen LogP contribution is 2.23. The van der Waals surface area contributed by atoms with Gasteiger partial charge in [-0.3, -0.25) is 15.0 Å². The Balaban J connectivity index is 1.94. The number of rotatable bonds is 3. The Labute approximate surface area is 98.2 Å². The van der Waals surface area contributed by atoms with Crippen LogP contribution >= 0.6 is 11.3 Å². The Morgan fingerprint density at radius 3 is 3.12 bits per heavy atom. The molecule has 0 unspecified atom stereocenters. The number of nitrogens with one attached hydrogen (secondary N) is 1. The molecule has 0 aliphatic carbocycles. The van der Waals surface area contributed by atoms with Crippen LogP contribution in [0.3, 0.4) is 0 Å². The van der Waals surface area contributed by atoms with Crippen molar-refractivity contribution in [2.24, 2.45) is 0 Å². The second-order valence-electron chi connectivity index (χ2n) is 3.93. The van der Waals surface area contributed by atoms with Crippen molar-refractivity contribution in [2.75, 3.05) is 26.2 Å². The van der Waals surface area contributed by atoms with Crippen molar-refractivity contribution < 1.29 is 4.92 Å². The zero-order valence-corrected chi connectivity index (χ0v) is 9.83. The van der Waals surface area contributed by atoms with Gasteiger partial charge in [-0.15, -0.1) is 0 Å². The van der Waals surface area contributed by atoms with Gasteiger partial charge in [-0.1, -0.05) is 11.3 Å². The molecule has 1 aliphatic rings. The summed E-state index contributed by atoms with van der Waals surface area (Å²) in [5.74, 6) is 0. The van der Waals surface area contributed by atoms with E-state index >= 15 is 0 Å². The molecular weight excluding hydrogens is 226 g/mol. The Morgan fingerprint density at radius 1 is 1.50 bits per heavy atom. The summed E-state index contributed by atoms with van der Waals surface area (Å²) < 4.78 is 0. The largest absolute Gasteiger partial charge is 0.324 e. The molecule has 0 amide bonds. The molecule has 1 N–H and O–H groups in total. The molecule has 0 atom stereocenters. The molecule has 0 radical (unpaired) electrons. The van der Waals surface area contributed by atoms with Crippen LogP contribution in [0.5, 0.6) is 0 Å². The van der Waals surface area contributed by atoms with Gasteiger partial charge >= 0.3 is 5.00 Å². The topological polar surface area (TPSA) is 58.4 Å². The van der Waals surface area contributed by atoms with E-state index in [1.165, 1.54) is 11.3 Å². The molecule has 0 aromatic carbocycles. The third-order valence-electron chi connectivity index (χ3n) is 2.66. The van der Waals surface area contributed by atoms with Crippen molar-refractivity contribution in [3.8, 4) is 0 Å². The minimum Gasteiger partial charge on any atom is -0.315 e. The first-order valence-electron chi connectivity index (χ1n) is 5.40. The van der Waals surface area contributed by atoms with Gasteiger partial charge < -0.3 is 5.32 Å². The number of thiophene rings is 1. The summed E-state index contributed by atoms with van der Waals surface area (Å²) in [6, 6.07) is 1.68. The van der Waals surface area contributed by atoms with E-state index in [0.29, 0.717) is 0 Å². The minimum absolute atomic E-state index is 0.239. The van der Waals surface area contributed by atoms with Crippen LogP contribution in [-0.2, 0) is 6.54 Å². The summed E-state index contributed by atoms with van der Waals surface area (Å²) in [5, 5.41) is 16.0. The molecule has 1 saturated heterocycles. The van der Waals surface area contributed by atoms with Crippen LogP contribution in [0.15, 0.2) is 11.4 Å². The predicted octanol–water partition coefficient (Wildman–Crippen LogP) is 1.45. The van der Waals surface area contributed by atoms with E-state index in [0.717, 1.165) is 44.7 Å². The molecule has 88 valence electrons. The standard InChI is InChI=1S/C10H15N3O2S/c14-13(15)10-6-9(8-16-10)7-12-4-1-2-11-3-5-12/h6,8,11H,1-5,7H2. The van der Waals surface area contributed by atoms with E-state index in [9.17, 15) is 10.1 Å². The third-order valence-corrected chi connectivity index (χ3v) is 3.59. The molecule has 6 heteroatoms. The maximum absolute atomic E-state index is 10.6. The Bertz CT molecular complexity index is 359. The van der Waals surface area contributed by atoms with Crippen molar-refractivity contribution in [2.45, 2.75) is 13.0 Å². The second-order valence-corrected chi connectivity index (χ2v) is 4.82. The first-order valence-corrected chi connectivity index (χ1v) is 6.28. The Hall–Kier alpha value is -0.980. The number of nitrogens with zero attached hydrogens (tertiary/aromatic N) is 2. The van der Waals surface area contributed by atoms with Crippen LogP contribution in [0.25, 0.3) is 0 Å². The molecular formula is C10H15N3O2S. The molecule has 2 rings (SSSR count). The molecule has 1 aromatic heterocycles. The molecule has 0 saturated carbocycles. The molecule has 1 aliphatic heterocycles. The van der Waals surface area contributed by atoms with E-state index in [4.69, 9.17) is 0 Å². The zero-order chi connectivity index (χ0) is 11.4. The van der Waals surface area contributed by atoms with E-state index in [1.54, 1.807) is 6.07 Å². The smallest absolute Gasteiger partial charge is 0.315 e. The van der Waals surface area contributed by atoms with E-state index < -0.39 is 0 Å². The van der Waals surface area contributed by atoms with Gasteiger partial charge in [0.05, 0.1) is 4.92 Å². The maximum atomic E-state index is 10.6. The van der Waals surface area contributed by atoms with Gasteiger partial charge in [0.15, 0.2) is 0 Å². The number of hydrogen-bond acceptors (Lipinski definition) is 5. The SMILES string of the molecule is O=[N+]([O-])c1cc(CN2CCCNCC2)cs1. The van der Waals surface area contributed by atoms with Crippen molar-refractivity contribution in [3.05, 3.63) is 27.1 Å². The minimum atomic E-state index is -0.321. The van der Waals surface area contributed by atoms with Crippen LogP contribution < -0.4 is 5.32 Å². The van der Waals surface area contributed by atoms with Crippen LogP contribution in [0, 0.1) is 10.1 Å². The van der Waals surface area contributed by atoms with Crippen LogP contribution in [-0.4, -0.2) is 36.0 Å². The average Bonchev–Trinajstić information content (AvgIpc) is 2.56. The van der Waals surface area contributed by atoms with Gasteiger partial charge in [-0.05, 0) is 25.1 Å². The first-order chi connectivity index (χ1) is 7.75. The summed E-state index contributed by atoms with van der Waals surface area (Å²) in [6.07, 6.45) is 1.15. The quantitative estimate of drug-likeness (QED) is 0.643. The van der Waals surface area contributed by atoms with Gasteiger partial charge in [0, 0.05) is 31.1 Å². The number of hydrogen-bond donors (Lipinski definition) is 1. The Kier molecular flexibility index (Phi) is 3.87. The highest BCUT2D eigenvalue weighted by molar-refractivity contribution is 7.13. The fourth-order valence-electron chi connectivity index (χ4n) is 1.86. The third kappa shape index (κ3) is 3.01. The summed E-state index contributed by atoms with van der Waals surface area (Å²) in [4.78, 5) is 12.6. The van der Waals surface area contributed by atoms with Crippen molar-refractivity contribution in [1.29, 1.82) is 0 Å². The van der Waals surface area contributed by atoms with Gasteiger partial charge in [0.1, 0.15) is 0 Å². The van der Waals surface area contributed by atoms with Crippen LogP contribution in [0.2, 0.25) is 0 Å². The maximum Gasteiger partial charge on any atom is 0.324 e. The lowest BCUT2D eigenvalue weighted by Gasteiger charge is -2.18. The summed E-state index contributed by atoms with van der Waals surface area (Å²) in [6.45, 7) is 4.98.